The number of unbranched alkanes of at least 4 members (excludes halogenated alkanes) is 17. The summed E-state index contributed by atoms with van der Waals surface area (Å²) in [6, 6.07) is 0. The third-order valence-electron chi connectivity index (χ3n) is 11.2. The maximum Gasteiger partial charge on any atom is 0.472 e. The first-order valence-electron chi connectivity index (χ1n) is 25.0. The van der Waals surface area contributed by atoms with E-state index < -0.39 is 87.9 Å². The number of rotatable bonds is 40. The molecule has 0 aromatic heterocycles. The molecule has 3 unspecified atom stereocenters. The first-order valence-corrected chi connectivity index (χ1v) is 26.5. The van der Waals surface area contributed by atoms with Crippen molar-refractivity contribution >= 4 is 19.8 Å². The van der Waals surface area contributed by atoms with Gasteiger partial charge < -0.3 is 50.1 Å². The minimum absolute atomic E-state index is 0.0911. The van der Waals surface area contributed by atoms with Gasteiger partial charge in [0.05, 0.1) is 18.8 Å². The van der Waals surface area contributed by atoms with E-state index in [4.69, 9.17) is 18.5 Å². The molecule has 1 rings (SSSR count). The van der Waals surface area contributed by atoms with Gasteiger partial charge in [-0.1, -0.05) is 189 Å². The van der Waals surface area contributed by atoms with Crippen LogP contribution in [0.15, 0.2) is 72.9 Å². The fourth-order valence-corrected chi connectivity index (χ4v) is 8.18. The van der Waals surface area contributed by atoms with Crippen LogP contribution in [-0.4, -0.2) is 121 Å². The predicted molar refractivity (Wildman–Crippen MR) is 261 cm³/mol. The molecule has 1 aliphatic carbocycles. The van der Waals surface area contributed by atoms with Crippen molar-refractivity contribution in [2.24, 2.45) is 0 Å². The largest absolute Gasteiger partial charge is 0.472 e. The summed E-state index contributed by atoms with van der Waals surface area (Å²) in [5.41, 5.74) is 0. The van der Waals surface area contributed by atoms with Crippen molar-refractivity contribution in [1.29, 1.82) is 0 Å². The van der Waals surface area contributed by atoms with Crippen LogP contribution in [0.3, 0.4) is 0 Å². The Bertz CT molecular complexity index is 1480. The molecular weight excluding hydrogens is 884 g/mol. The summed E-state index contributed by atoms with van der Waals surface area (Å²) in [4.78, 5) is 35.8. The quantitative estimate of drug-likeness (QED) is 0.00947. The normalized spacial score (nSPS) is 22.7. The lowest BCUT2D eigenvalue weighted by molar-refractivity contribution is -0.220. The molecule has 0 aliphatic heterocycles. The number of aliphatic hydroxyl groups is 7. The first kappa shape index (κ1) is 62.2. The van der Waals surface area contributed by atoms with Crippen LogP contribution in [0.5, 0.6) is 0 Å². The average Bonchev–Trinajstić information content (AvgIpc) is 3.30. The molecule has 0 amide bonds. The summed E-state index contributed by atoms with van der Waals surface area (Å²) < 4.78 is 33.4. The first-order chi connectivity index (χ1) is 32.2. The molecule has 0 aromatic rings. The Morgan fingerprint density at radius 2 is 1.07 bits per heavy atom. The van der Waals surface area contributed by atoms with Crippen LogP contribution in [0.1, 0.15) is 168 Å². The molecule has 8 N–H and O–H groups in total. The van der Waals surface area contributed by atoms with Crippen molar-refractivity contribution in [3.8, 4) is 0 Å². The van der Waals surface area contributed by atoms with E-state index in [1.54, 1.807) is 42.5 Å². The van der Waals surface area contributed by atoms with Gasteiger partial charge in [0.1, 0.15) is 43.2 Å². The zero-order chi connectivity index (χ0) is 49.5. The zero-order valence-electron chi connectivity index (χ0n) is 40.4. The van der Waals surface area contributed by atoms with E-state index in [1.807, 2.05) is 37.3 Å². The second kappa shape index (κ2) is 40.0. The van der Waals surface area contributed by atoms with Crippen LogP contribution in [0.25, 0.3) is 0 Å². The van der Waals surface area contributed by atoms with Crippen molar-refractivity contribution < 1.29 is 73.3 Å². The number of carbonyl (C=O) groups excluding carboxylic acids is 2. The molecule has 0 bridgehead atoms. The molecule has 1 aliphatic rings. The number of phosphoric ester groups is 1. The van der Waals surface area contributed by atoms with Gasteiger partial charge in [-0.05, 0) is 38.5 Å². The Kier molecular flexibility index (Phi) is 37.1. The van der Waals surface area contributed by atoms with Crippen LogP contribution in [-0.2, 0) is 32.7 Å². The molecule has 1 saturated carbocycles. The van der Waals surface area contributed by atoms with Crippen LogP contribution in [0.2, 0.25) is 0 Å². The highest BCUT2D eigenvalue weighted by molar-refractivity contribution is 7.47. The Labute approximate surface area is 401 Å². The van der Waals surface area contributed by atoms with Gasteiger partial charge in [0.2, 0.25) is 0 Å². The third kappa shape index (κ3) is 32.6. The fraction of sp³-hybridized carbons (Fsp3) is 0.725. The maximum atomic E-state index is 12.8. The van der Waals surface area contributed by atoms with Crippen LogP contribution >= 0.6 is 7.82 Å². The van der Waals surface area contributed by atoms with Gasteiger partial charge in [-0.3, -0.25) is 18.6 Å². The number of aliphatic hydroxyl groups excluding tert-OH is 7. The molecule has 0 aromatic carbocycles. The van der Waals surface area contributed by atoms with Crippen molar-refractivity contribution in [3.63, 3.8) is 0 Å². The van der Waals surface area contributed by atoms with Gasteiger partial charge in [0.15, 0.2) is 6.10 Å². The number of ether oxygens (including phenoxy) is 2. The highest BCUT2D eigenvalue weighted by atomic mass is 31.2. The minimum Gasteiger partial charge on any atom is -0.462 e. The molecule has 67 heavy (non-hydrogen) atoms. The van der Waals surface area contributed by atoms with Crippen molar-refractivity contribution in [3.05, 3.63) is 72.9 Å². The SMILES string of the molecule is CC/C=C\C[C@H](O)/C=C/C=C\C/C=C\C=C\[C@H](O)/C=C\CCCC(=O)O[C@H](COC(=O)CCCCCCCCCCCCCCCCCCC)COP(=O)(O)OC1[C@H](O)[C@H](O)C(O)[C@H](O)[C@H]1O. The molecule has 0 radical (unpaired) electrons. The fourth-order valence-electron chi connectivity index (χ4n) is 7.20. The zero-order valence-corrected chi connectivity index (χ0v) is 41.3. The molecule has 16 heteroatoms. The summed E-state index contributed by atoms with van der Waals surface area (Å²) in [6.07, 6.45) is 30.1. The highest BCUT2D eigenvalue weighted by Gasteiger charge is 2.51. The number of carbonyl (C=O) groups is 2. The van der Waals surface area contributed by atoms with E-state index in [9.17, 15) is 54.8 Å². The van der Waals surface area contributed by atoms with Gasteiger partial charge in [-0.15, -0.1) is 0 Å². The number of hydrogen-bond donors (Lipinski definition) is 8. The molecule has 0 saturated heterocycles. The van der Waals surface area contributed by atoms with Gasteiger partial charge in [0.25, 0.3) is 0 Å². The number of esters is 2. The van der Waals surface area contributed by atoms with Crippen molar-refractivity contribution in [2.45, 2.75) is 223 Å². The Morgan fingerprint density at radius 1 is 0.567 bits per heavy atom. The lowest BCUT2D eigenvalue weighted by atomic mass is 9.85. The number of allylic oxidation sites excluding steroid dienone is 8. The van der Waals surface area contributed by atoms with Crippen LogP contribution in [0.4, 0.5) is 0 Å². The molecule has 10 atom stereocenters. The molecule has 0 spiro atoms. The van der Waals surface area contributed by atoms with Crippen LogP contribution in [0, 0.1) is 0 Å². The Hall–Kier alpha value is -2.79. The lowest BCUT2D eigenvalue weighted by Crippen LogP contribution is -2.64. The standard InChI is InChI=1S/C51H87O15P/c1-3-5-7-8-9-10-11-12-13-14-15-16-17-18-22-25-31-37-44(54)63-39-43(40-64-67(61,62)66-51-49(59)47(57)46(56)48(58)50(51)60)65-45(55)38-32-26-30-36-42(53)35-29-24-21-19-20-23-28-34-41(52)33-27-6-4-2/h6,20-21,23-24,27-30,34-36,41-43,46-53,56-60H,3-5,7-19,22,25-26,31-33,37-40H2,1-2H3,(H,61,62)/b23-20-,24-21-,27-6-,34-28+,35-29+,36-30-/t41-,42-,43+,46?,47-,48+,49+,50+,51?/m0/s1. The van der Waals surface area contributed by atoms with E-state index >= 15 is 0 Å². The molecule has 386 valence electrons. The van der Waals surface area contributed by atoms with E-state index in [1.165, 1.54) is 77.0 Å². The predicted octanol–water partition coefficient (Wildman–Crippen LogP) is 8.22. The monoisotopic (exact) mass is 971 g/mol. The minimum atomic E-state index is -5.18. The van der Waals surface area contributed by atoms with Gasteiger partial charge in [-0.25, -0.2) is 4.57 Å². The smallest absolute Gasteiger partial charge is 0.462 e. The summed E-state index contributed by atoms with van der Waals surface area (Å²) in [7, 11) is -5.18. The van der Waals surface area contributed by atoms with E-state index in [-0.39, 0.29) is 12.8 Å². The topological polar surface area (TPSA) is 250 Å². The maximum absolute atomic E-state index is 12.8. The van der Waals surface area contributed by atoms with Crippen molar-refractivity contribution in [2.75, 3.05) is 13.2 Å². The van der Waals surface area contributed by atoms with E-state index in [2.05, 4.69) is 6.92 Å². The average molecular weight is 971 g/mol. The third-order valence-corrected chi connectivity index (χ3v) is 12.2. The molecular formula is C51H87O15P. The van der Waals surface area contributed by atoms with Crippen molar-refractivity contribution in [1.82, 2.24) is 0 Å². The van der Waals surface area contributed by atoms with Gasteiger partial charge >= 0.3 is 19.8 Å². The second-order valence-corrected chi connectivity index (χ2v) is 18.8. The molecule has 1 fully saturated rings. The lowest BCUT2D eigenvalue weighted by Gasteiger charge is -2.41. The summed E-state index contributed by atoms with van der Waals surface area (Å²) in [6.45, 7) is 2.97. The van der Waals surface area contributed by atoms with Crippen LogP contribution < -0.4 is 0 Å². The van der Waals surface area contributed by atoms with E-state index in [0.717, 1.165) is 32.1 Å². The van der Waals surface area contributed by atoms with Gasteiger partial charge in [0, 0.05) is 12.8 Å². The molecule has 0 heterocycles. The Balaban J connectivity index is 2.54. The highest BCUT2D eigenvalue weighted by Crippen LogP contribution is 2.47. The molecule has 15 nitrogen and oxygen atoms in total. The summed E-state index contributed by atoms with van der Waals surface area (Å²) >= 11 is 0. The Morgan fingerprint density at radius 3 is 1.63 bits per heavy atom. The summed E-state index contributed by atoms with van der Waals surface area (Å²) in [5, 5.41) is 70.3. The summed E-state index contributed by atoms with van der Waals surface area (Å²) in [5.74, 6) is -1.28. The van der Waals surface area contributed by atoms with E-state index in [0.29, 0.717) is 32.1 Å². The number of hydrogen-bond acceptors (Lipinski definition) is 14. The van der Waals surface area contributed by atoms with Gasteiger partial charge in [-0.2, -0.15) is 0 Å². The number of phosphoric acid groups is 1. The second-order valence-electron chi connectivity index (χ2n) is 17.3.